The van der Waals surface area contributed by atoms with Crippen molar-refractivity contribution >= 4 is 0 Å². The van der Waals surface area contributed by atoms with E-state index in [1.54, 1.807) is 0 Å². The molecule has 2 nitrogen and oxygen atoms in total. The van der Waals surface area contributed by atoms with Gasteiger partial charge < -0.3 is 10.5 Å². The molecular weight excluding hydrogens is 174 g/mol. The summed E-state index contributed by atoms with van der Waals surface area (Å²) in [5.74, 6) is 0.914. The molecule has 0 aromatic heterocycles. The van der Waals surface area contributed by atoms with Gasteiger partial charge in [0.25, 0.3) is 0 Å². The van der Waals surface area contributed by atoms with Gasteiger partial charge in [-0.1, -0.05) is 25.1 Å². The molecule has 0 heterocycles. The van der Waals surface area contributed by atoms with Gasteiger partial charge in [-0.15, -0.1) is 0 Å². The van der Waals surface area contributed by atoms with Crippen molar-refractivity contribution < 1.29 is 4.74 Å². The Morgan fingerprint density at radius 3 is 2.50 bits per heavy atom. The van der Waals surface area contributed by atoms with Crippen LogP contribution in [0.5, 0.6) is 5.75 Å². The zero-order valence-electron chi connectivity index (χ0n) is 9.16. The van der Waals surface area contributed by atoms with E-state index in [4.69, 9.17) is 10.5 Å². The van der Waals surface area contributed by atoms with Crippen molar-refractivity contribution in [1.82, 2.24) is 0 Å². The summed E-state index contributed by atoms with van der Waals surface area (Å²) < 4.78 is 5.69. The molecule has 0 saturated carbocycles. The Balaban J connectivity index is 2.91. The summed E-state index contributed by atoms with van der Waals surface area (Å²) in [6.45, 7) is 6.12. The summed E-state index contributed by atoms with van der Waals surface area (Å²) in [6.07, 6.45) is 1.12. The predicted octanol–water partition coefficient (Wildman–Crippen LogP) is 2.88. The zero-order valence-corrected chi connectivity index (χ0v) is 9.16. The first kappa shape index (κ1) is 11.1. The lowest BCUT2D eigenvalue weighted by Gasteiger charge is -2.17. The zero-order chi connectivity index (χ0) is 10.6. The van der Waals surface area contributed by atoms with Crippen LogP contribution in [0.4, 0.5) is 0 Å². The van der Waals surface area contributed by atoms with E-state index in [1.165, 1.54) is 0 Å². The van der Waals surface area contributed by atoms with Gasteiger partial charge in [-0.2, -0.15) is 0 Å². The predicted molar refractivity (Wildman–Crippen MR) is 59.4 cm³/mol. The van der Waals surface area contributed by atoms with Crippen LogP contribution in [0.3, 0.4) is 0 Å². The summed E-state index contributed by atoms with van der Waals surface area (Å²) in [5, 5.41) is 0. The third-order valence-corrected chi connectivity index (χ3v) is 2.12. The van der Waals surface area contributed by atoms with Crippen molar-refractivity contribution in [3.8, 4) is 5.75 Å². The molecule has 0 saturated heterocycles. The maximum atomic E-state index is 5.99. The van der Waals surface area contributed by atoms with Gasteiger partial charge in [-0.05, 0) is 26.3 Å². The molecule has 1 aromatic rings. The molecule has 0 spiro atoms. The first-order valence-electron chi connectivity index (χ1n) is 5.16. The number of hydrogen-bond acceptors (Lipinski definition) is 2. The fraction of sp³-hybridized carbons (Fsp3) is 0.500. The van der Waals surface area contributed by atoms with Crippen LogP contribution in [0.2, 0.25) is 0 Å². The second-order valence-electron chi connectivity index (χ2n) is 3.72. The maximum Gasteiger partial charge on any atom is 0.124 e. The largest absolute Gasteiger partial charge is 0.491 e. The number of rotatable bonds is 4. The summed E-state index contributed by atoms with van der Waals surface area (Å²) in [6, 6.07) is 8.06. The van der Waals surface area contributed by atoms with E-state index in [0.29, 0.717) is 0 Å². The van der Waals surface area contributed by atoms with Gasteiger partial charge in [-0.3, -0.25) is 0 Å². The van der Waals surface area contributed by atoms with E-state index >= 15 is 0 Å². The minimum Gasteiger partial charge on any atom is -0.491 e. The molecule has 0 radical (unpaired) electrons. The van der Waals surface area contributed by atoms with Gasteiger partial charge in [0.15, 0.2) is 0 Å². The van der Waals surface area contributed by atoms with E-state index in [9.17, 15) is 0 Å². The molecule has 0 fully saturated rings. The molecule has 0 amide bonds. The summed E-state index contributed by atoms with van der Waals surface area (Å²) >= 11 is 0. The van der Waals surface area contributed by atoms with Crippen molar-refractivity contribution in [1.29, 1.82) is 0 Å². The first-order chi connectivity index (χ1) is 6.65. The standard InChI is InChI=1S/C12H19NO/c1-4-11(13)10-7-5-6-8-12(10)14-9(2)3/h5-9,11H,4,13H2,1-3H3/t11-/m0/s1. The first-order valence-corrected chi connectivity index (χ1v) is 5.16. The number of nitrogens with two attached hydrogens (primary N) is 1. The van der Waals surface area contributed by atoms with E-state index in [2.05, 4.69) is 6.92 Å². The Morgan fingerprint density at radius 2 is 1.93 bits per heavy atom. The quantitative estimate of drug-likeness (QED) is 0.798. The van der Waals surface area contributed by atoms with Crippen molar-refractivity contribution in [2.75, 3.05) is 0 Å². The van der Waals surface area contributed by atoms with Crippen LogP contribution in [0.15, 0.2) is 24.3 Å². The lowest BCUT2D eigenvalue weighted by atomic mass is 10.0. The Labute approximate surface area is 86.1 Å². The Hall–Kier alpha value is -1.02. The van der Waals surface area contributed by atoms with Gasteiger partial charge in [0.1, 0.15) is 5.75 Å². The van der Waals surface area contributed by atoms with Crippen LogP contribution in [-0.2, 0) is 0 Å². The van der Waals surface area contributed by atoms with Crippen molar-refractivity contribution in [2.45, 2.75) is 39.3 Å². The molecule has 0 aliphatic carbocycles. The number of ether oxygens (including phenoxy) is 1. The third kappa shape index (κ3) is 2.74. The smallest absolute Gasteiger partial charge is 0.124 e. The molecule has 0 unspecified atom stereocenters. The van der Waals surface area contributed by atoms with Gasteiger partial charge in [0, 0.05) is 11.6 Å². The molecule has 0 bridgehead atoms. The van der Waals surface area contributed by atoms with E-state index < -0.39 is 0 Å². The molecule has 2 heteroatoms. The Morgan fingerprint density at radius 1 is 1.29 bits per heavy atom. The highest BCUT2D eigenvalue weighted by Crippen LogP contribution is 2.25. The van der Waals surface area contributed by atoms with E-state index in [0.717, 1.165) is 17.7 Å². The molecule has 1 atom stereocenters. The Bertz CT molecular complexity index is 283. The van der Waals surface area contributed by atoms with E-state index in [1.807, 2.05) is 38.1 Å². The molecule has 1 aromatic carbocycles. The monoisotopic (exact) mass is 193 g/mol. The topological polar surface area (TPSA) is 35.2 Å². The van der Waals surface area contributed by atoms with Gasteiger partial charge in [0.2, 0.25) is 0 Å². The third-order valence-electron chi connectivity index (χ3n) is 2.12. The fourth-order valence-electron chi connectivity index (χ4n) is 1.37. The van der Waals surface area contributed by atoms with Crippen molar-refractivity contribution in [3.05, 3.63) is 29.8 Å². The molecule has 78 valence electrons. The van der Waals surface area contributed by atoms with E-state index in [-0.39, 0.29) is 12.1 Å². The minimum atomic E-state index is 0.0740. The number of para-hydroxylation sites is 1. The fourth-order valence-corrected chi connectivity index (χ4v) is 1.37. The van der Waals surface area contributed by atoms with Gasteiger partial charge in [-0.25, -0.2) is 0 Å². The van der Waals surface area contributed by atoms with Crippen LogP contribution >= 0.6 is 0 Å². The summed E-state index contributed by atoms with van der Waals surface area (Å²) in [4.78, 5) is 0. The Kier molecular flexibility index (Phi) is 3.96. The summed E-state index contributed by atoms with van der Waals surface area (Å²) in [7, 11) is 0. The molecule has 0 aliphatic rings. The molecule has 1 rings (SSSR count). The van der Waals surface area contributed by atoms with Crippen molar-refractivity contribution in [2.24, 2.45) is 5.73 Å². The lowest BCUT2D eigenvalue weighted by Crippen LogP contribution is -2.13. The maximum absolute atomic E-state index is 5.99. The number of benzene rings is 1. The average molecular weight is 193 g/mol. The van der Waals surface area contributed by atoms with Crippen LogP contribution in [0, 0.1) is 0 Å². The minimum absolute atomic E-state index is 0.0740. The SMILES string of the molecule is CC[C@H](N)c1ccccc1OC(C)C. The highest BCUT2D eigenvalue weighted by Gasteiger charge is 2.10. The molecule has 14 heavy (non-hydrogen) atoms. The van der Waals surface area contributed by atoms with Crippen LogP contribution in [-0.4, -0.2) is 6.10 Å². The molecule has 0 aliphatic heterocycles. The van der Waals surface area contributed by atoms with Crippen LogP contribution < -0.4 is 10.5 Å². The van der Waals surface area contributed by atoms with Crippen molar-refractivity contribution in [3.63, 3.8) is 0 Å². The number of hydrogen-bond donors (Lipinski definition) is 1. The highest BCUT2D eigenvalue weighted by molar-refractivity contribution is 5.35. The molecule has 2 N–H and O–H groups in total. The lowest BCUT2D eigenvalue weighted by molar-refractivity contribution is 0.238. The summed E-state index contributed by atoms with van der Waals surface area (Å²) in [5.41, 5.74) is 7.09. The van der Waals surface area contributed by atoms with Gasteiger partial charge >= 0.3 is 0 Å². The highest BCUT2D eigenvalue weighted by atomic mass is 16.5. The normalized spacial score (nSPS) is 12.9. The second-order valence-corrected chi connectivity index (χ2v) is 3.72. The van der Waals surface area contributed by atoms with Crippen LogP contribution in [0.25, 0.3) is 0 Å². The van der Waals surface area contributed by atoms with Crippen LogP contribution in [0.1, 0.15) is 38.8 Å². The average Bonchev–Trinajstić information content (AvgIpc) is 2.16. The molecular formula is C12H19NO. The van der Waals surface area contributed by atoms with Gasteiger partial charge in [0.05, 0.1) is 6.10 Å². The second kappa shape index (κ2) is 5.01.